The number of nitrogens with one attached hydrogen (secondary N) is 2. The van der Waals surface area contributed by atoms with Crippen LogP contribution in [0.5, 0.6) is 0 Å². The van der Waals surface area contributed by atoms with E-state index in [1.54, 1.807) is 12.3 Å². The summed E-state index contributed by atoms with van der Waals surface area (Å²) in [6, 6.07) is 4.26. The SMILES string of the molecule is O=C(NO)c1ccc(-c2nc3c(C(F)(F)F)cc4[nH]ncc4c3c3c2CC(N2CCOCC2)CC3)cn1. The fraction of sp³-hybridized carbons (Fsp3) is 0.360. The second kappa shape index (κ2) is 9.05. The highest BCUT2D eigenvalue weighted by molar-refractivity contribution is 6.09. The van der Waals surface area contributed by atoms with Crippen LogP contribution in [-0.2, 0) is 23.8 Å². The van der Waals surface area contributed by atoms with Gasteiger partial charge in [0.1, 0.15) is 5.69 Å². The average Bonchev–Trinajstić information content (AvgIpc) is 3.40. The van der Waals surface area contributed by atoms with Crippen molar-refractivity contribution in [1.82, 2.24) is 30.5 Å². The quantitative estimate of drug-likeness (QED) is 0.284. The minimum atomic E-state index is -4.62. The number of carbonyl (C=O) groups is 1. The van der Waals surface area contributed by atoms with Crippen molar-refractivity contribution in [3.8, 4) is 11.3 Å². The summed E-state index contributed by atoms with van der Waals surface area (Å²) in [5, 5.41) is 16.7. The first-order chi connectivity index (χ1) is 17.8. The maximum Gasteiger partial charge on any atom is 0.418 e. The number of pyridine rings is 2. The lowest BCUT2D eigenvalue weighted by atomic mass is 9.82. The molecule has 9 nitrogen and oxygen atoms in total. The number of benzene rings is 1. The summed E-state index contributed by atoms with van der Waals surface area (Å²) in [5.41, 5.74) is 3.47. The molecule has 4 aromatic rings. The molecule has 1 fully saturated rings. The Balaban J connectivity index is 1.59. The van der Waals surface area contributed by atoms with Gasteiger partial charge < -0.3 is 4.74 Å². The zero-order chi connectivity index (χ0) is 25.7. The number of carbonyl (C=O) groups excluding carboxylic acids is 1. The number of rotatable bonds is 3. The highest BCUT2D eigenvalue weighted by Gasteiger charge is 2.37. The van der Waals surface area contributed by atoms with E-state index >= 15 is 0 Å². The van der Waals surface area contributed by atoms with E-state index in [1.807, 2.05) is 0 Å². The van der Waals surface area contributed by atoms with Crippen molar-refractivity contribution >= 4 is 27.7 Å². The number of ether oxygens (including phenoxy) is 1. The standard InChI is InChI=1S/C25H23F3N6O3/c26-25(27,28)18-10-20-17(12-30-32-20)21-15-3-2-14(34-5-7-37-8-6-34)9-16(15)22(31-23(18)21)13-1-4-19(29-11-13)24(35)33-36/h1,4,10-12,14,36H,2-3,5-9H2,(H,30,32)(H,33,35). The Labute approximate surface area is 208 Å². The molecule has 4 heterocycles. The molecule has 192 valence electrons. The maximum atomic E-state index is 14.2. The van der Waals surface area contributed by atoms with Crippen LogP contribution in [0.15, 0.2) is 30.6 Å². The van der Waals surface area contributed by atoms with Gasteiger partial charge in [0.15, 0.2) is 0 Å². The lowest BCUT2D eigenvalue weighted by Gasteiger charge is -2.38. The first-order valence-corrected chi connectivity index (χ1v) is 12.0. The molecule has 12 heteroatoms. The Bertz CT molecular complexity index is 1500. The predicted octanol–water partition coefficient (Wildman–Crippen LogP) is 3.50. The van der Waals surface area contributed by atoms with Crippen molar-refractivity contribution in [1.29, 1.82) is 0 Å². The van der Waals surface area contributed by atoms with Gasteiger partial charge in [-0.15, -0.1) is 0 Å². The number of aryl methyl sites for hydroxylation is 1. The number of halogens is 3. The third-order valence-electron chi connectivity index (χ3n) is 7.30. The monoisotopic (exact) mass is 512 g/mol. The topological polar surface area (TPSA) is 116 Å². The van der Waals surface area contributed by atoms with Crippen LogP contribution in [0, 0.1) is 0 Å². The molecule has 2 aliphatic rings. The molecule has 6 rings (SSSR count). The molecule has 1 atom stereocenters. The zero-order valence-electron chi connectivity index (χ0n) is 19.6. The second-order valence-corrected chi connectivity index (χ2v) is 9.31. The van der Waals surface area contributed by atoms with Crippen LogP contribution in [0.25, 0.3) is 33.1 Å². The molecule has 1 unspecified atom stereocenters. The van der Waals surface area contributed by atoms with Gasteiger partial charge in [0, 0.05) is 41.7 Å². The molecule has 0 spiro atoms. The molecule has 3 aromatic heterocycles. The Morgan fingerprint density at radius 3 is 2.70 bits per heavy atom. The van der Waals surface area contributed by atoms with Gasteiger partial charge in [0.2, 0.25) is 0 Å². The Kier molecular flexibility index (Phi) is 5.81. The molecular formula is C25H23F3N6O3. The van der Waals surface area contributed by atoms with Crippen LogP contribution in [0.2, 0.25) is 0 Å². The van der Waals surface area contributed by atoms with E-state index in [0.29, 0.717) is 53.6 Å². The summed E-state index contributed by atoms with van der Waals surface area (Å²) in [6.45, 7) is 2.89. The Morgan fingerprint density at radius 1 is 1.19 bits per heavy atom. The number of aromatic nitrogens is 4. The molecule has 0 bridgehead atoms. The summed E-state index contributed by atoms with van der Waals surface area (Å²) in [6.07, 6.45) is 0.335. The number of amides is 1. The summed E-state index contributed by atoms with van der Waals surface area (Å²) in [4.78, 5) is 22.9. The van der Waals surface area contributed by atoms with E-state index < -0.39 is 17.6 Å². The number of H-pyrrole nitrogens is 1. The Morgan fingerprint density at radius 2 is 2.00 bits per heavy atom. The van der Waals surface area contributed by atoms with Crippen LogP contribution >= 0.6 is 0 Å². The normalized spacial score (nSPS) is 18.8. The minimum Gasteiger partial charge on any atom is -0.379 e. The van der Waals surface area contributed by atoms with Gasteiger partial charge in [-0.1, -0.05) is 0 Å². The molecule has 0 radical (unpaired) electrons. The Hall–Kier alpha value is -3.61. The number of alkyl halides is 3. The second-order valence-electron chi connectivity index (χ2n) is 9.31. The smallest absolute Gasteiger partial charge is 0.379 e. The molecule has 3 N–H and O–H groups in total. The summed E-state index contributed by atoms with van der Waals surface area (Å²) in [5.74, 6) is -0.783. The number of hydrogen-bond donors (Lipinski definition) is 3. The van der Waals surface area contributed by atoms with E-state index in [1.165, 1.54) is 17.7 Å². The van der Waals surface area contributed by atoms with Crippen LogP contribution in [-0.4, -0.2) is 68.5 Å². The van der Waals surface area contributed by atoms with Gasteiger partial charge in [-0.3, -0.25) is 25.0 Å². The molecular weight excluding hydrogens is 489 g/mol. The van der Waals surface area contributed by atoms with Crippen molar-refractivity contribution in [3.63, 3.8) is 0 Å². The number of hydrogen-bond acceptors (Lipinski definition) is 7. The van der Waals surface area contributed by atoms with Gasteiger partial charge in [-0.05, 0) is 48.6 Å². The van der Waals surface area contributed by atoms with Gasteiger partial charge in [0.25, 0.3) is 5.91 Å². The lowest BCUT2D eigenvalue weighted by molar-refractivity contribution is -0.136. The number of fused-ring (bicyclic) bond motifs is 5. The molecule has 1 aromatic carbocycles. The van der Waals surface area contributed by atoms with E-state index in [-0.39, 0.29) is 17.3 Å². The van der Waals surface area contributed by atoms with Crippen LogP contribution in [0.3, 0.4) is 0 Å². The molecule has 1 aliphatic heterocycles. The zero-order valence-corrected chi connectivity index (χ0v) is 19.6. The number of aromatic amines is 1. The lowest BCUT2D eigenvalue weighted by Crippen LogP contribution is -2.46. The van der Waals surface area contributed by atoms with Crippen LogP contribution in [0.1, 0.15) is 33.6 Å². The third kappa shape index (κ3) is 4.10. The van der Waals surface area contributed by atoms with E-state index in [9.17, 15) is 18.0 Å². The van der Waals surface area contributed by atoms with Crippen molar-refractivity contribution in [2.45, 2.75) is 31.5 Å². The van der Waals surface area contributed by atoms with Crippen molar-refractivity contribution in [2.75, 3.05) is 26.3 Å². The van der Waals surface area contributed by atoms with Gasteiger partial charge >= 0.3 is 6.18 Å². The number of morpholine rings is 1. The first kappa shape index (κ1) is 23.8. The van der Waals surface area contributed by atoms with E-state index in [2.05, 4.69) is 25.1 Å². The van der Waals surface area contributed by atoms with Gasteiger partial charge in [-0.2, -0.15) is 18.3 Å². The van der Waals surface area contributed by atoms with Gasteiger partial charge in [-0.25, -0.2) is 10.5 Å². The van der Waals surface area contributed by atoms with Crippen molar-refractivity contribution in [3.05, 3.63) is 53.0 Å². The van der Waals surface area contributed by atoms with E-state index in [4.69, 9.17) is 9.94 Å². The van der Waals surface area contributed by atoms with Crippen molar-refractivity contribution < 1.29 is 27.9 Å². The van der Waals surface area contributed by atoms with Crippen LogP contribution < -0.4 is 5.48 Å². The van der Waals surface area contributed by atoms with Crippen LogP contribution in [0.4, 0.5) is 13.2 Å². The molecule has 1 amide bonds. The molecule has 0 saturated carbocycles. The summed E-state index contributed by atoms with van der Waals surface area (Å²) < 4.78 is 48.2. The highest BCUT2D eigenvalue weighted by Crippen LogP contribution is 2.43. The summed E-state index contributed by atoms with van der Waals surface area (Å²) in [7, 11) is 0. The maximum absolute atomic E-state index is 14.2. The number of hydroxylamine groups is 1. The highest BCUT2D eigenvalue weighted by atomic mass is 19.4. The predicted molar refractivity (Wildman–Crippen MR) is 127 cm³/mol. The minimum absolute atomic E-state index is 0.0248. The molecule has 1 saturated heterocycles. The summed E-state index contributed by atoms with van der Waals surface area (Å²) >= 11 is 0. The first-order valence-electron chi connectivity index (χ1n) is 12.0. The fourth-order valence-corrected chi connectivity index (χ4v) is 5.55. The average molecular weight is 512 g/mol. The molecule has 1 aliphatic carbocycles. The number of nitrogens with zero attached hydrogens (tertiary/aromatic N) is 4. The van der Waals surface area contributed by atoms with E-state index in [0.717, 1.165) is 36.7 Å². The van der Waals surface area contributed by atoms with Gasteiger partial charge in [0.05, 0.1) is 41.7 Å². The fourth-order valence-electron chi connectivity index (χ4n) is 5.55. The molecule has 37 heavy (non-hydrogen) atoms. The van der Waals surface area contributed by atoms with Crippen molar-refractivity contribution in [2.24, 2.45) is 0 Å². The largest absolute Gasteiger partial charge is 0.418 e. The third-order valence-corrected chi connectivity index (χ3v) is 7.30.